The molecular formula is C17H18BrNO. The van der Waals surface area contributed by atoms with Gasteiger partial charge in [-0.3, -0.25) is 4.79 Å². The maximum atomic E-state index is 12.2. The first-order valence-electron chi connectivity index (χ1n) is 6.58. The molecule has 0 aliphatic carbocycles. The second kappa shape index (κ2) is 6.23. The largest absolute Gasteiger partial charge is 0.347 e. The number of rotatable bonds is 4. The van der Waals surface area contributed by atoms with Crippen LogP contribution in [0.4, 0.5) is 0 Å². The Morgan fingerprint density at radius 1 is 1.10 bits per heavy atom. The molecule has 2 rings (SSSR count). The van der Waals surface area contributed by atoms with Crippen LogP contribution in [-0.4, -0.2) is 5.91 Å². The Hall–Kier alpha value is -1.61. The van der Waals surface area contributed by atoms with Crippen LogP contribution in [0, 0.1) is 0 Å². The molecule has 1 amide bonds. The lowest BCUT2D eigenvalue weighted by Crippen LogP contribution is -2.41. The number of amides is 1. The van der Waals surface area contributed by atoms with Crippen LogP contribution in [0.5, 0.6) is 0 Å². The highest BCUT2D eigenvalue weighted by molar-refractivity contribution is 9.10. The number of carbonyl (C=O) groups excluding carboxylic acids is 1. The van der Waals surface area contributed by atoms with E-state index in [1.54, 1.807) is 0 Å². The molecule has 0 aromatic heterocycles. The summed E-state index contributed by atoms with van der Waals surface area (Å²) in [6.07, 6.45) is 0.385. The molecule has 0 saturated heterocycles. The van der Waals surface area contributed by atoms with Gasteiger partial charge in [0, 0.05) is 4.47 Å². The quantitative estimate of drug-likeness (QED) is 0.899. The number of carbonyl (C=O) groups is 1. The van der Waals surface area contributed by atoms with Crippen molar-refractivity contribution in [1.29, 1.82) is 0 Å². The van der Waals surface area contributed by atoms with E-state index in [1.807, 2.05) is 68.4 Å². The first kappa shape index (κ1) is 14.8. The first-order chi connectivity index (χ1) is 9.47. The summed E-state index contributed by atoms with van der Waals surface area (Å²) in [5.74, 6) is 0.0250. The van der Waals surface area contributed by atoms with Crippen LogP contribution in [0.2, 0.25) is 0 Å². The second-order valence-corrected chi connectivity index (χ2v) is 6.26. The van der Waals surface area contributed by atoms with Gasteiger partial charge in [0.05, 0.1) is 12.0 Å². The predicted molar refractivity (Wildman–Crippen MR) is 85.5 cm³/mol. The Morgan fingerprint density at radius 2 is 1.80 bits per heavy atom. The third-order valence-electron chi connectivity index (χ3n) is 3.20. The molecule has 0 saturated carbocycles. The lowest BCUT2D eigenvalue weighted by molar-refractivity contribution is -0.122. The summed E-state index contributed by atoms with van der Waals surface area (Å²) in [7, 11) is 0. The van der Waals surface area contributed by atoms with E-state index in [0.717, 1.165) is 15.6 Å². The van der Waals surface area contributed by atoms with E-state index in [4.69, 9.17) is 0 Å². The Morgan fingerprint density at radius 3 is 2.45 bits per heavy atom. The van der Waals surface area contributed by atoms with Crippen molar-refractivity contribution in [3.8, 4) is 0 Å². The van der Waals surface area contributed by atoms with Crippen LogP contribution in [0.15, 0.2) is 59.1 Å². The van der Waals surface area contributed by atoms with Crippen LogP contribution in [0.3, 0.4) is 0 Å². The minimum Gasteiger partial charge on any atom is -0.347 e. The molecule has 0 fully saturated rings. The fourth-order valence-electron chi connectivity index (χ4n) is 2.15. The minimum absolute atomic E-state index is 0.0250. The van der Waals surface area contributed by atoms with E-state index in [9.17, 15) is 4.79 Å². The van der Waals surface area contributed by atoms with Crippen LogP contribution < -0.4 is 5.32 Å². The lowest BCUT2D eigenvalue weighted by atomic mass is 9.94. The number of nitrogens with one attached hydrogen (secondary N) is 1. The van der Waals surface area contributed by atoms with Crippen molar-refractivity contribution in [2.75, 3.05) is 0 Å². The number of benzene rings is 2. The van der Waals surface area contributed by atoms with Crippen molar-refractivity contribution >= 4 is 21.8 Å². The average Bonchev–Trinajstić information content (AvgIpc) is 2.39. The SMILES string of the molecule is CC(C)(NC(=O)Cc1cccc(Br)c1)c1ccccc1. The fraction of sp³-hybridized carbons (Fsp3) is 0.235. The van der Waals surface area contributed by atoms with Crippen LogP contribution in [-0.2, 0) is 16.8 Å². The van der Waals surface area contributed by atoms with E-state index in [0.29, 0.717) is 6.42 Å². The van der Waals surface area contributed by atoms with E-state index < -0.39 is 0 Å². The van der Waals surface area contributed by atoms with Gasteiger partial charge in [-0.25, -0.2) is 0 Å². The van der Waals surface area contributed by atoms with Gasteiger partial charge in [0.2, 0.25) is 5.91 Å². The number of hydrogen-bond acceptors (Lipinski definition) is 1. The standard InChI is InChI=1S/C17H18BrNO/c1-17(2,14-8-4-3-5-9-14)19-16(20)12-13-7-6-10-15(18)11-13/h3-11H,12H2,1-2H3,(H,19,20). The molecule has 0 aliphatic rings. The highest BCUT2D eigenvalue weighted by Crippen LogP contribution is 2.20. The lowest BCUT2D eigenvalue weighted by Gasteiger charge is -2.27. The molecule has 2 aromatic rings. The summed E-state index contributed by atoms with van der Waals surface area (Å²) < 4.78 is 0.991. The van der Waals surface area contributed by atoms with Crippen molar-refractivity contribution in [1.82, 2.24) is 5.32 Å². The van der Waals surface area contributed by atoms with E-state index >= 15 is 0 Å². The second-order valence-electron chi connectivity index (χ2n) is 5.35. The molecule has 0 spiro atoms. The van der Waals surface area contributed by atoms with Gasteiger partial charge in [-0.05, 0) is 37.1 Å². The van der Waals surface area contributed by atoms with Gasteiger partial charge in [0.15, 0.2) is 0 Å². The zero-order chi connectivity index (χ0) is 14.6. The van der Waals surface area contributed by atoms with E-state index in [2.05, 4.69) is 21.2 Å². The highest BCUT2D eigenvalue weighted by Gasteiger charge is 2.22. The van der Waals surface area contributed by atoms with Crippen LogP contribution in [0.25, 0.3) is 0 Å². The molecule has 0 atom stereocenters. The molecular weight excluding hydrogens is 314 g/mol. The molecule has 3 heteroatoms. The Kier molecular flexibility index (Phi) is 4.61. The smallest absolute Gasteiger partial charge is 0.225 e. The first-order valence-corrected chi connectivity index (χ1v) is 7.38. The fourth-order valence-corrected chi connectivity index (χ4v) is 2.60. The maximum absolute atomic E-state index is 12.2. The van der Waals surface area contributed by atoms with Gasteiger partial charge in [-0.15, -0.1) is 0 Å². The van der Waals surface area contributed by atoms with Gasteiger partial charge in [0.25, 0.3) is 0 Å². The monoisotopic (exact) mass is 331 g/mol. The van der Waals surface area contributed by atoms with Crippen molar-refractivity contribution in [2.24, 2.45) is 0 Å². The molecule has 1 N–H and O–H groups in total. The van der Waals surface area contributed by atoms with E-state index in [-0.39, 0.29) is 11.4 Å². The Balaban J connectivity index is 2.04. The van der Waals surface area contributed by atoms with Gasteiger partial charge < -0.3 is 5.32 Å². The molecule has 0 unspecified atom stereocenters. The highest BCUT2D eigenvalue weighted by atomic mass is 79.9. The summed E-state index contributed by atoms with van der Waals surface area (Å²) in [4.78, 5) is 12.2. The summed E-state index contributed by atoms with van der Waals surface area (Å²) in [5.41, 5.74) is 1.73. The summed E-state index contributed by atoms with van der Waals surface area (Å²) in [6.45, 7) is 4.03. The third kappa shape index (κ3) is 3.94. The number of halogens is 1. The van der Waals surface area contributed by atoms with Crippen molar-refractivity contribution in [3.05, 3.63) is 70.2 Å². The summed E-state index contributed by atoms with van der Waals surface area (Å²) in [5, 5.41) is 3.09. The normalized spacial score (nSPS) is 11.2. The molecule has 20 heavy (non-hydrogen) atoms. The molecule has 0 bridgehead atoms. The molecule has 104 valence electrons. The third-order valence-corrected chi connectivity index (χ3v) is 3.69. The zero-order valence-electron chi connectivity index (χ0n) is 11.7. The van der Waals surface area contributed by atoms with Gasteiger partial charge in [0.1, 0.15) is 0 Å². The van der Waals surface area contributed by atoms with Crippen LogP contribution in [0.1, 0.15) is 25.0 Å². The number of hydrogen-bond donors (Lipinski definition) is 1. The van der Waals surface area contributed by atoms with Gasteiger partial charge in [-0.1, -0.05) is 58.4 Å². The van der Waals surface area contributed by atoms with Gasteiger partial charge in [-0.2, -0.15) is 0 Å². The average molecular weight is 332 g/mol. The Labute approximate surface area is 128 Å². The predicted octanol–water partition coefficient (Wildman–Crippen LogP) is 4.04. The van der Waals surface area contributed by atoms with Crippen molar-refractivity contribution < 1.29 is 4.79 Å². The topological polar surface area (TPSA) is 29.1 Å². The van der Waals surface area contributed by atoms with Gasteiger partial charge >= 0.3 is 0 Å². The maximum Gasteiger partial charge on any atom is 0.225 e. The summed E-state index contributed by atoms with van der Waals surface area (Å²) >= 11 is 3.42. The molecule has 0 aliphatic heterocycles. The minimum atomic E-state index is -0.371. The molecule has 0 heterocycles. The molecule has 2 nitrogen and oxygen atoms in total. The van der Waals surface area contributed by atoms with Crippen molar-refractivity contribution in [3.63, 3.8) is 0 Å². The zero-order valence-corrected chi connectivity index (χ0v) is 13.3. The summed E-state index contributed by atoms with van der Waals surface area (Å²) in [6, 6.07) is 17.8. The van der Waals surface area contributed by atoms with Crippen molar-refractivity contribution in [2.45, 2.75) is 25.8 Å². The molecule has 0 radical (unpaired) electrons. The molecule has 2 aromatic carbocycles. The van der Waals surface area contributed by atoms with Crippen LogP contribution >= 0.6 is 15.9 Å². The van der Waals surface area contributed by atoms with E-state index in [1.165, 1.54) is 0 Å². The Bertz CT molecular complexity index is 593.